The lowest BCUT2D eigenvalue weighted by Gasteiger charge is -2.24. The Hall–Kier alpha value is -1.67. The highest BCUT2D eigenvalue weighted by atomic mass is 19.1. The van der Waals surface area contributed by atoms with Crippen LogP contribution < -0.4 is 4.74 Å². The Bertz CT molecular complexity index is 550. The van der Waals surface area contributed by atoms with E-state index in [0.717, 1.165) is 24.0 Å². The van der Waals surface area contributed by atoms with Crippen LogP contribution in [0.4, 0.5) is 4.39 Å². The maximum absolute atomic E-state index is 14.3. The molecule has 0 aliphatic heterocycles. The van der Waals surface area contributed by atoms with E-state index in [9.17, 15) is 9.18 Å². The summed E-state index contributed by atoms with van der Waals surface area (Å²) < 4.78 is 19.7. The fraction of sp³-hybridized carbons (Fsp3) is 0.533. The van der Waals surface area contributed by atoms with Crippen LogP contribution in [-0.2, 0) is 16.0 Å². The number of ether oxygens (including phenoxy) is 1. The van der Waals surface area contributed by atoms with Gasteiger partial charge in [0, 0.05) is 11.1 Å². The SMILES string of the molecule is COc1c(C(C)(C)F)ccc(C)c1C1(N=C=O)CC1. The average molecular weight is 263 g/mol. The van der Waals surface area contributed by atoms with Gasteiger partial charge in [-0.1, -0.05) is 12.1 Å². The van der Waals surface area contributed by atoms with Gasteiger partial charge in [-0.3, -0.25) is 0 Å². The van der Waals surface area contributed by atoms with E-state index >= 15 is 0 Å². The summed E-state index contributed by atoms with van der Waals surface area (Å²) in [5.41, 5.74) is 0.207. The monoisotopic (exact) mass is 263 g/mol. The molecule has 0 bridgehead atoms. The number of hydrogen-bond donors (Lipinski definition) is 0. The van der Waals surface area contributed by atoms with Gasteiger partial charge in [0.15, 0.2) is 0 Å². The van der Waals surface area contributed by atoms with Gasteiger partial charge in [0.2, 0.25) is 6.08 Å². The maximum atomic E-state index is 14.3. The molecule has 1 aromatic carbocycles. The zero-order valence-electron chi connectivity index (χ0n) is 11.7. The van der Waals surface area contributed by atoms with Crippen LogP contribution in [0.15, 0.2) is 17.1 Å². The lowest BCUT2D eigenvalue weighted by Crippen LogP contribution is -2.16. The topological polar surface area (TPSA) is 38.7 Å². The number of rotatable bonds is 4. The summed E-state index contributed by atoms with van der Waals surface area (Å²) in [5.74, 6) is 0.504. The molecule has 0 aromatic heterocycles. The molecule has 0 spiro atoms. The molecular weight excluding hydrogens is 245 g/mol. The lowest BCUT2D eigenvalue weighted by atomic mass is 9.90. The molecule has 0 N–H and O–H groups in total. The zero-order chi connectivity index (χ0) is 14.3. The Kier molecular flexibility index (Phi) is 3.23. The summed E-state index contributed by atoms with van der Waals surface area (Å²) in [6.45, 7) is 4.91. The molecule has 4 heteroatoms. The minimum atomic E-state index is -1.51. The van der Waals surface area contributed by atoms with Crippen LogP contribution in [0.2, 0.25) is 0 Å². The normalized spacial score (nSPS) is 16.7. The molecule has 0 radical (unpaired) electrons. The second-order valence-electron chi connectivity index (χ2n) is 5.55. The van der Waals surface area contributed by atoms with Crippen molar-refractivity contribution in [2.24, 2.45) is 4.99 Å². The molecular formula is C15H18FNO2. The summed E-state index contributed by atoms with van der Waals surface area (Å²) in [7, 11) is 1.52. The average Bonchev–Trinajstić information content (AvgIpc) is 3.07. The molecule has 0 heterocycles. The third kappa shape index (κ3) is 2.28. The third-order valence-corrected chi connectivity index (χ3v) is 3.66. The molecule has 2 rings (SSSR count). The Morgan fingerprint density at radius 3 is 2.47 bits per heavy atom. The molecule has 102 valence electrons. The van der Waals surface area contributed by atoms with Gasteiger partial charge in [-0.15, -0.1) is 0 Å². The molecule has 1 saturated carbocycles. The van der Waals surface area contributed by atoms with Crippen molar-refractivity contribution in [1.29, 1.82) is 0 Å². The minimum Gasteiger partial charge on any atom is -0.496 e. The lowest BCUT2D eigenvalue weighted by molar-refractivity contribution is 0.212. The van der Waals surface area contributed by atoms with E-state index in [-0.39, 0.29) is 0 Å². The number of aliphatic imine (C=N–C) groups is 1. The van der Waals surface area contributed by atoms with Crippen molar-refractivity contribution >= 4 is 6.08 Å². The number of halogens is 1. The van der Waals surface area contributed by atoms with Crippen molar-refractivity contribution in [3.8, 4) is 5.75 Å². The number of carbonyl (C=O) groups excluding carboxylic acids is 1. The number of methoxy groups -OCH3 is 1. The second-order valence-corrected chi connectivity index (χ2v) is 5.55. The smallest absolute Gasteiger partial charge is 0.235 e. The number of isocyanates is 1. The van der Waals surface area contributed by atoms with Gasteiger partial charge in [0.05, 0.1) is 7.11 Å². The van der Waals surface area contributed by atoms with Gasteiger partial charge < -0.3 is 4.74 Å². The van der Waals surface area contributed by atoms with Crippen molar-refractivity contribution in [1.82, 2.24) is 0 Å². The van der Waals surface area contributed by atoms with Crippen molar-refractivity contribution in [2.45, 2.75) is 44.8 Å². The molecule has 3 nitrogen and oxygen atoms in total. The predicted molar refractivity (Wildman–Crippen MR) is 70.9 cm³/mol. The van der Waals surface area contributed by atoms with Crippen LogP contribution in [0.3, 0.4) is 0 Å². The van der Waals surface area contributed by atoms with Gasteiger partial charge in [0.25, 0.3) is 0 Å². The quantitative estimate of drug-likeness (QED) is 0.615. The van der Waals surface area contributed by atoms with Crippen LogP contribution in [0.25, 0.3) is 0 Å². The van der Waals surface area contributed by atoms with Crippen LogP contribution in [0, 0.1) is 6.92 Å². The maximum Gasteiger partial charge on any atom is 0.235 e. The van der Waals surface area contributed by atoms with Gasteiger partial charge >= 0.3 is 0 Å². The fourth-order valence-electron chi connectivity index (χ4n) is 2.56. The van der Waals surface area contributed by atoms with E-state index in [4.69, 9.17) is 4.74 Å². The Morgan fingerprint density at radius 1 is 1.42 bits per heavy atom. The summed E-state index contributed by atoms with van der Waals surface area (Å²) in [6, 6.07) is 3.59. The van der Waals surface area contributed by atoms with E-state index < -0.39 is 11.2 Å². The van der Waals surface area contributed by atoms with E-state index in [0.29, 0.717) is 11.3 Å². The van der Waals surface area contributed by atoms with Gasteiger partial charge in [0.1, 0.15) is 17.0 Å². The standard InChI is InChI=1S/C15H18FNO2/c1-10-5-6-11(14(2,3)16)13(19-4)12(10)15(7-8-15)17-9-18/h5-6H,7-8H2,1-4H3. The first-order valence-electron chi connectivity index (χ1n) is 6.32. The van der Waals surface area contributed by atoms with Gasteiger partial charge in [-0.25, -0.2) is 9.18 Å². The number of hydrogen-bond acceptors (Lipinski definition) is 3. The summed E-state index contributed by atoms with van der Waals surface area (Å²) in [5, 5.41) is 0. The second kappa shape index (κ2) is 4.46. The van der Waals surface area contributed by atoms with Crippen molar-refractivity contribution in [3.63, 3.8) is 0 Å². The van der Waals surface area contributed by atoms with E-state index in [2.05, 4.69) is 4.99 Å². The van der Waals surface area contributed by atoms with Crippen molar-refractivity contribution in [3.05, 3.63) is 28.8 Å². The molecule has 1 aliphatic rings. The van der Waals surface area contributed by atoms with Gasteiger partial charge in [-0.2, -0.15) is 4.99 Å². The van der Waals surface area contributed by atoms with Crippen LogP contribution in [0.5, 0.6) is 5.75 Å². The van der Waals surface area contributed by atoms with Crippen molar-refractivity contribution < 1.29 is 13.9 Å². The van der Waals surface area contributed by atoms with Crippen LogP contribution >= 0.6 is 0 Å². The Labute approximate surface area is 112 Å². The third-order valence-electron chi connectivity index (χ3n) is 3.66. The van der Waals surface area contributed by atoms with Crippen LogP contribution in [0.1, 0.15) is 43.4 Å². The number of benzene rings is 1. The first kappa shape index (κ1) is 13.8. The zero-order valence-corrected chi connectivity index (χ0v) is 11.7. The highest BCUT2D eigenvalue weighted by Gasteiger charge is 2.48. The largest absolute Gasteiger partial charge is 0.496 e. The number of nitrogens with zero attached hydrogens (tertiary/aromatic N) is 1. The van der Waals surface area contributed by atoms with Gasteiger partial charge in [-0.05, 0) is 39.2 Å². The Balaban J connectivity index is 2.70. The minimum absolute atomic E-state index is 0.489. The Morgan fingerprint density at radius 2 is 2.05 bits per heavy atom. The number of alkyl halides is 1. The molecule has 1 aliphatic carbocycles. The fourth-order valence-corrected chi connectivity index (χ4v) is 2.56. The molecule has 1 aromatic rings. The highest BCUT2D eigenvalue weighted by Crippen LogP contribution is 2.55. The first-order chi connectivity index (χ1) is 8.85. The summed E-state index contributed by atoms with van der Waals surface area (Å²) >= 11 is 0. The molecule has 19 heavy (non-hydrogen) atoms. The molecule has 0 unspecified atom stereocenters. The molecule has 0 saturated heterocycles. The summed E-state index contributed by atoms with van der Waals surface area (Å²) in [4.78, 5) is 14.5. The predicted octanol–water partition coefficient (Wildman–Crippen LogP) is 3.53. The number of aryl methyl sites for hydroxylation is 1. The van der Waals surface area contributed by atoms with E-state index in [1.54, 1.807) is 12.1 Å². The van der Waals surface area contributed by atoms with E-state index in [1.807, 2.05) is 13.0 Å². The van der Waals surface area contributed by atoms with E-state index in [1.165, 1.54) is 21.0 Å². The molecule has 1 fully saturated rings. The summed E-state index contributed by atoms with van der Waals surface area (Å²) in [6.07, 6.45) is 3.18. The first-order valence-corrected chi connectivity index (χ1v) is 6.32. The van der Waals surface area contributed by atoms with Crippen LogP contribution in [-0.4, -0.2) is 13.2 Å². The molecule has 0 amide bonds. The van der Waals surface area contributed by atoms with Crippen molar-refractivity contribution in [2.75, 3.05) is 7.11 Å². The molecule has 0 atom stereocenters. The highest BCUT2D eigenvalue weighted by molar-refractivity contribution is 5.55.